The Morgan fingerprint density at radius 3 is 2.79 bits per heavy atom. The number of hydrogen-bond acceptors (Lipinski definition) is 2. The minimum atomic E-state index is 0.859. The molecule has 2 N–H and O–H groups in total. The Balaban J connectivity index is 2.29. The Morgan fingerprint density at radius 2 is 2.21 bits per heavy atom. The molecule has 0 aliphatic carbocycles. The molecule has 72 valence electrons. The highest BCUT2D eigenvalue weighted by Crippen LogP contribution is 2.13. The number of H-pyrrole nitrogens is 1. The molecular weight excluding hydrogens is 174 g/mol. The van der Waals surface area contributed by atoms with Gasteiger partial charge in [0.05, 0.1) is 0 Å². The van der Waals surface area contributed by atoms with Crippen molar-refractivity contribution in [3.63, 3.8) is 0 Å². The van der Waals surface area contributed by atoms with Gasteiger partial charge in [0.1, 0.15) is 5.82 Å². The number of aliphatic imine (C=N–C) groups is 1. The largest absolute Gasteiger partial charge is 0.359 e. The van der Waals surface area contributed by atoms with Crippen LogP contribution in [0.25, 0.3) is 6.08 Å². The smallest absolute Gasteiger partial charge is 0.131 e. The van der Waals surface area contributed by atoms with Crippen LogP contribution in [0.15, 0.2) is 29.2 Å². The number of nitrogens with one attached hydrogen (secondary N) is 2. The second-order valence-corrected chi connectivity index (χ2v) is 3.36. The summed E-state index contributed by atoms with van der Waals surface area (Å²) in [5.41, 5.74) is 3.52. The summed E-state index contributed by atoms with van der Waals surface area (Å²) in [5, 5.41) is 3.07. The second-order valence-electron chi connectivity index (χ2n) is 3.36. The number of aromatic nitrogens is 1. The van der Waals surface area contributed by atoms with Crippen LogP contribution < -0.4 is 5.32 Å². The third-order valence-electron chi connectivity index (χ3n) is 2.10. The summed E-state index contributed by atoms with van der Waals surface area (Å²) in [7, 11) is 0. The highest BCUT2D eigenvalue weighted by molar-refractivity contribution is 5.74. The van der Waals surface area contributed by atoms with Crippen LogP contribution in [0.5, 0.6) is 0 Å². The fourth-order valence-electron chi connectivity index (χ4n) is 1.45. The van der Waals surface area contributed by atoms with E-state index in [4.69, 9.17) is 0 Å². The molecule has 1 aromatic rings. The predicted octanol–water partition coefficient (Wildman–Crippen LogP) is 2.12. The maximum Gasteiger partial charge on any atom is 0.131 e. The van der Waals surface area contributed by atoms with Crippen LogP contribution in [0.4, 0.5) is 0 Å². The van der Waals surface area contributed by atoms with Crippen molar-refractivity contribution in [2.45, 2.75) is 13.8 Å². The average molecular weight is 187 g/mol. The maximum absolute atomic E-state index is 4.19. The number of allylic oxidation sites excluding steroid dienone is 1. The van der Waals surface area contributed by atoms with Gasteiger partial charge in [-0.25, -0.2) is 4.99 Å². The van der Waals surface area contributed by atoms with Crippen molar-refractivity contribution in [2.75, 3.05) is 0 Å². The molecule has 2 rings (SSSR count). The Kier molecular flexibility index (Phi) is 2.23. The van der Waals surface area contributed by atoms with E-state index in [0.717, 1.165) is 11.5 Å². The van der Waals surface area contributed by atoms with Crippen molar-refractivity contribution in [2.24, 2.45) is 4.99 Å². The Bertz CT molecular complexity index is 422. The van der Waals surface area contributed by atoms with Crippen LogP contribution in [0.3, 0.4) is 0 Å². The molecule has 0 spiro atoms. The standard InChI is InChI=1S/C11H13N3/c1-8-6-9(2)14-10(8)7-11-12-4-3-5-13-11/h3-7,12,14H,1-2H3. The van der Waals surface area contributed by atoms with Crippen LogP contribution in [-0.2, 0) is 0 Å². The molecule has 0 unspecified atom stereocenters. The molecule has 0 atom stereocenters. The second kappa shape index (κ2) is 3.54. The van der Waals surface area contributed by atoms with E-state index in [2.05, 4.69) is 28.3 Å². The zero-order chi connectivity index (χ0) is 9.97. The normalized spacial score (nSPS) is 17.4. The van der Waals surface area contributed by atoms with Gasteiger partial charge in [-0.2, -0.15) is 0 Å². The molecule has 1 aromatic heterocycles. The van der Waals surface area contributed by atoms with E-state index in [0.29, 0.717) is 0 Å². The van der Waals surface area contributed by atoms with Crippen molar-refractivity contribution in [3.8, 4) is 0 Å². The Hall–Kier alpha value is -1.77. The van der Waals surface area contributed by atoms with E-state index < -0.39 is 0 Å². The first-order valence-corrected chi connectivity index (χ1v) is 4.59. The third-order valence-corrected chi connectivity index (χ3v) is 2.10. The van der Waals surface area contributed by atoms with Gasteiger partial charge >= 0.3 is 0 Å². The van der Waals surface area contributed by atoms with Crippen molar-refractivity contribution in [3.05, 3.63) is 41.1 Å². The fourth-order valence-corrected chi connectivity index (χ4v) is 1.45. The summed E-state index contributed by atoms with van der Waals surface area (Å²) >= 11 is 0. The lowest BCUT2D eigenvalue weighted by Gasteiger charge is -2.03. The van der Waals surface area contributed by atoms with Gasteiger partial charge in [0.15, 0.2) is 0 Å². The van der Waals surface area contributed by atoms with Crippen molar-refractivity contribution >= 4 is 12.3 Å². The van der Waals surface area contributed by atoms with Gasteiger partial charge in [-0.05, 0) is 31.6 Å². The van der Waals surface area contributed by atoms with E-state index in [-0.39, 0.29) is 0 Å². The number of hydrogen-bond donors (Lipinski definition) is 2. The molecule has 3 nitrogen and oxygen atoms in total. The number of nitrogens with zero attached hydrogens (tertiary/aromatic N) is 1. The SMILES string of the molecule is Cc1cc(C)c(C=C2N=CC=CN2)[nH]1. The molecule has 0 aromatic carbocycles. The van der Waals surface area contributed by atoms with Gasteiger partial charge in [0, 0.05) is 29.9 Å². The minimum Gasteiger partial charge on any atom is -0.359 e. The van der Waals surface area contributed by atoms with Crippen LogP contribution in [0, 0.1) is 13.8 Å². The minimum absolute atomic E-state index is 0.859. The number of rotatable bonds is 1. The first-order valence-electron chi connectivity index (χ1n) is 4.59. The summed E-state index contributed by atoms with van der Waals surface area (Å²) in [6, 6.07) is 2.12. The van der Waals surface area contributed by atoms with Gasteiger partial charge in [-0.3, -0.25) is 0 Å². The van der Waals surface area contributed by atoms with Crippen molar-refractivity contribution in [1.29, 1.82) is 0 Å². The third kappa shape index (κ3) is 1.76. The first kappa shape index (κ1) is 8.81. The number of aromatic amines is 1. The molecule has 0 amide bonds. The molecular formula is C11H13N3. The highest BCUT2D eigenvalue weighted by Gasteiger charge is 2.00. The maximum atomic E-state index is 4.19. The molecule has 3 heteroatoms. The van der Waals surface area contributed by atoms with Crippen molar-refractivity contribution < 1.29 is 0 Å². The Labute approximate surface area is 83.3 Å². The summed E-state index contributed by atoms with van der Waals surface area (Å²) in [5.74, 6) is 0.859. The van der Waals surface area contributed by atoms with E-state index in [1.807, 2.05) is 25.3 Å². The lowest BCUT2D eigenvalue weighted by molar-refractivity contribution is 1.03. The molecule has 0 fully saturated rings. The number of aryl methyl sites for hydroxylation is 2. The Morgan fingerprint density at radius 1 is 1.36 bits per heavy atom. The van der Waals surface area contributed by atoms with Gasteiger partial charge < -0.3 is 10.3 Å². The van der Waals surface area contributed by atoms with E-state index in [9.17, 15) is 0 Å². The predicted molar refractivity (Wildman–Crippen MR) is 59.0 cm³/mol. The van der Waals surface area contributed by atoms with Crippen LogP contribution in [0.1, 0.15) is 17.0 Å². The van der Waals surface area contributed by atoms with Crippen LogP contribution in [-0.4, -0.2) is 11.2 Å². The summed E-state index contributed by atoms with van der Waals surface area (Å²) in [4.78, 5) is 7.47. The molecule has 14 heavy (non-hydrogen) atoms. The zero-order valence-corrected chi connectivity index (χ0v) is 8.33. The molecule has 2 heterocycles. The lowest BCUT2D eigenvalue weighted by Crippen LogP contribution is -2.05. The summed E-state index contributed by atoms with van der Waals surface area (Å²) in [6.45, 7) is 4.13. The summed E-state index contributed by atoms with van der Waals surface area (Å²) < 4.78 is 0. The van der Waals surface area contributed by atoms with E-state index in [1.54, 1.807) is 6.21 Å². The van der Waals surface area contributed by atoms with Gasteiger partial charge in [0.25, 0.3) is 0 Å². The zero-order valence-electron chi connectivity index (χ0n) is 8.33. The van der Waals surface area contributed by atoms with E-state index >= 15 is 0 Å². The molecule has 0 saturated carbocycles. The van der Waals surface area contributed by atoms with Crippen LogP contribution in [0.2, 0.25) is 0 Å². The molecule has 0 saturated heterocycles. The monoisotopic (exact) mass is 187 g/mol. The van der Waals surface area contributed by atoms with Crippen LogP contribution >= 0.6 is 0 Å². The van der Waals surface area contributed by atoms with Crippen molar-refractivity contribution in [1.82, 2.24) is 10.3 Å². The summed E-state index contributed by atoms with van der Waals surface area (Å²) in [6.07, 6.45) is 7.50. The van der Waals surface area contributed by atoms with Gasteiger partial charge in [-0.15, -0.1) is 0 Å². The molecule has 0 radical (unpaired) electrons. The van der Waals surface area contributed by atoms with Gasteiger partial charge in [0.2, 0.25) is 0 Å². The van der Waals surface area contributed by atoms with Gasteiger partial charge in [-0.1, -0.05) is 0 Å². The first-order chi connectivity index (χ1) is 6.75. The molecule has 1 aliphatic rings. The highest BCUT2D eigenvalue weighted by atomic mass is 15.0. The molecule has 0 bridgehead atoms. The topological polar surface area (TPSA) is 40.2 Å². The lowest BCUT2D eigenvalue weighted by atomic mass is 10.2. The van der Waals surface area contributed by atoms with E-state index in [1.165, 1.54) is 11.3 Å². The molecule has 1 aliphatic heterocycles. The fraction of sp³-hybridized carbons (Fsp3) is 0.182. The average Bonchev–Trinajstić information content (AvgIpc) is 2.47. The quantitative estimate of drug-likeness (QED) is 0.694.